The van der Waals surface area contributed by atoms with Crippen molar-refractivity contribution >= 4 is 17.3 Å². The van der Waals surface area contributed by atoms with Gasteiger partial charge in [0.2, 0.25) is 5.91 Å². The van der Waals surface area contributed by atoms with Crippen molar-refractivity contribution < 1.29 is 27.6 Å². The summed E-state index contributed by atoms with van der Waals surface area (Å²) in [6.45, 7) is 3.33. The molecule has 1 unspecified atom stereocenters. The van der Waals surface area contributed by atoms with E-state index in [9.17, 15) is 28.1 Å². The van der Waals surface area contributed by atoms with E-state index in [0.717, 1.165) is 35.2 Å². The predicted molar refractivity (Wildman–Crippen MR) is 117 cm³/mol. The zero-order chi connectivity index (χ0) is 24.6. The second-order valence-corrected chi connectivity index (χ2v) is 8.22. The Morgan fingerprint density at radius 1 is 1.18 bits per heavy atom. The van der Waals surface area contributed by atoms with Crippen LogP contribution in [0.25, 0.3) is 0 Å². The predicted octanol–water partition coefficient (Wildman–Crippen LogP) is 5.99. The van der Waals surface area contributed by atoms with Gasteiger partial charge in [-0.05, 0) is 44.9 Å². The lowest BCUT2D eigenvalue weighted by Gasteiger charge is -2.16. The number of non-ortho nitro benzene ring substituents is 1. The summed E-state index contributed by atoms with van der Waals surface area (Å²) < 4.78 is 46.3. The van der Waals surface area contributed by atoms with Crippen molar-refractivity contribution in [3.8, 4) is 11.5 Å². The number of nitrogens with one attached hydrogen (secondary N) is 1. The highest BCUT2D eigenvalue weighted by Gasteiger charge is 2.39. The van der Waals surface area contributed by atoms with Crippen molar-refractivity contribution in [1.29, 1.82) is 0 Å². The first-order valence-electron chi connectivity index (χ1n) is 10.5. The highest BCUT2D eigenvalue weighted by atomic mass is 19.4. The maximum absolute atomic E-state index is 13.2. The molecule has 0 aliphatic heterocycles. The van der Waals surface area contributed by atoms with Gasteiger partial charge in [-0.1, -0.05) is 17.7 Å². The summed E-state index contributed by atoms with van der Waals surface area (Å²) in [7, 11) is 0. The van der Waals surface area contributed by atoms with Crippen molar-refractivity contribution in [3.63, 3.8) is 0 Å². The fraction of sp³-hybridized carbons (Fsp3) is 0.304. The molecule has 1 heterocycles. The molecule has 1 atom stereocenters. The third-order valence-corrected chi connectivity index (χ3v) is 5.42. The number of ether oxygens (including phenoxy) is 1. The quantitative estimate of drug-likeness (QED) is 0.335. The average Bonchev–Trinajstić information content (AvgIpc) is 3.51. The van der Waals surface area contributed by atoms with Crippen LogP contribution in [-0.4, -0.2) is 20.6 Å². The van der Waals surface area contributed by atoms with Crippen LogP contribution in [-0.2, 0) is 11.0 Å². The Balaban J connectivity index is 1.58. The lowest BCUT2D eigenvalue weighted by molar-refractivity contribution is -0.384. The zero-order valence-electron chi connectivity index (χ0n) is 18.3. The number of hydrogen-bond donors (Lipinski definition) is 1. The Labute approximate surface area is 192 Å². The smallest absolute Gasteiger partial charge is 0.435 e. The fourth-order valence-corrected chi connectivity index (χ4v) is 3.46. The van der Waals surface area contributed by atoms with E-state index >= 15 is 0 Å². The number of alkyl halides is 3. The summed E-state index contributed by atoms with van der Waals surface area (Å²) >= 11 is 0. The largest absolute Gasteiger partial charge is 0.457 e. The van der Waals surface area contributed by atoms with Crippen molar-refractivity contribution in [1.82, 2.24) is 9.78 Å². The van der Waals surface area contributed by atoms with Gasteiger partial charge in [-0.25, -0.2) is 0 Å². The number of halogens is 3. The minimum atomic E-state index is -4.63. The molecule has 0 bridgehead atoms. The van der Waals surface area contributed by atoms with Gasteiger partial charge < -0.3 is 10.1 Å². The third-order valence-electron chi connectivity index (χ3n) is 5.42. The first-order valence-corrected chi connectivity index (χ1v) is 10.5. The summed E-state index contributed by atoms with van der Waals surface area (Å²) in [5, 5.41) is 17.6. The van der Waals surface area contributed by atoms with Crippen molar-refractivity contribution in [2.75, 3.05) is 5.32 Å². The molecule has 1 amide bonds. The van der Waals surface area contributed by atoms with Crippen LogP contribution in [0.4, 0.5) is 24.5 Å². The van der Waals surface area contributed by atoms with E-state index in [0.29, 0.717) is 11.4 Å². The normalized spacial score (nSPS) is 14.5. The Bertz CT molecular complexity index is 1230. The number of rotatable bonds is 7. The van der Waals surface area contributed by atoms with E-state index in [1.165, 1.54) is 19.1 Å². The topological polar surface area (TPSA) is 99.3 Å². The van der Waals surface area contributed by atoms with Gasteiger partial charge in [0.25, 0.3) is 5.69 Å². The maximum Gasteiger partial charge on any atom is 0.435 e. The monoisotopic (exact) mass is 474 g/mol. The molecule has 0 saturated heterocycles. The number of nitro benzene ring substituents is 1. The van der Waals surface area contributed by atoms with Gasteiger partial charge in [0.05, 0.1) is 16.7 Å². The Morgan fingerprint density at radius 2 is 1.85 bits per heavy atom. The van der Waals surface area contributed by atoms with Gasteiger partial charge >= 0.3 is 6.18 Å². The molecule has 1 aliphatic carbocycles. The van der Waals surface area contributed by atoms with Crippen molar-refractivity contribution in [2.24, 2.45) is 0 Å². The van der Waals surface area contributed by atoms with E-state index in [2.05, 4.69) is 10.4 Å². The van der Waals surface area contributed by atoms with E-state index < -0.39 is 28.7 Å². The Morgan fingerprint density at radius 3 is 2.44 bits per heavy atom. The average molecular weight is 474 g/mol. The van der Waals surface area contributed by atoms with Crippen LogP contribution in [0, 0.1) is 17.0 Å². The second-order valence-electron chi connectivity index (χ2n) is 8.22. The molecule has 3 aromatic rings. The number of nitrogens with zero attached hydrogens (tertiary/aromatic N) is 3. The van der Waals surface area contributed by atoms with Gasteiger partial charge in [-0.15, -0.1) is 0 Å². The third kappa shape index (κ3) is 5.19. The highest BCUT2D eigenvalue weighted by molar-refractivity contribution is 5.94. The SMILES string of the molecule is Cc1ccc(Oc2cc(NC(=O)C(C)n3nc(C(F)(F)F)cc3C3CC3)cc([N+](=O)[O-])c2)cc1. The molecule has 178 valence electrons. The molecular weight excluding hydrogens is 453 g/mol. The van der Waals surface area contributed by atoms with Crippen LogP contribution in [0.3, 0.4) is 0 Å². The van der Waals surface area contributed by atoms with E-state index in [4.69, 9.17) is 4.74 Å². The molecule has 1 N–H and O–H groups in total. The standard InChI is InChI=1S/C23H21F3N4O4/c1-13-3-7-18(8-4-13)34-19-10-16(9-17(11-19)30(32)33)27-22(31)14(2)29-20(15-5-6-15)12-21(28-29)23(24,25)26/h3-4,7-12,14-15H,5-6H2,1-2H3,(H,27,31). The first kappa shape index (κ1) is 23.3. The van der Waals surface area contributed by atoms with Crippen LogP contribution in [0.1, 0.15) is 48.7 Å². The van der Waals surface area contributed by atoms with Gasteiger partial charge in [-0.3, -0.25) is 19.6 Å². The van der Waals surface area contributed by atoms with Gasteiger partial charge in [0, 0.05) is 23.7 Å². The molecule has 4 rings (SSSR count). The Kier molecular flexibility index (Phi) is 6.03. The molecule has 0 radical (unpaired) electrons. The highest BCUT2D eigenvalue weighted by Crippen LogP contribution is 2.43. The van der Waals surface area contributed by atoms with Crippen LogP contribution in [0.5, 0.6) is 11.5 Å². The number of amides is 1. The molecule has 11 heteroatoms. The number of carbonyl (C=O) groups excluding carboxylic acids is 1. The van der Waals surface area contributed by atoms with Crippen LogP contribution in [0.15, 0.2) is 48.5 Å². The van der Waals surface area contributed by atoms with Gasteiger partial charge in [0.15, 0.2) is 5.69 Å². The van der Waals surface area contributed by atoms with Crippen LogP contribution in [0.2, 0.25) is 0 Å². The molecule has 1 aromatic heterocycles. The molecule has 1 fully saturated rings. The number of nitro groups is 1. The van der Waals surface area contributed by atoms with Gasteiger partial charge in [-0.2, -0.15) is 18.3 Å². The number of carbonyl (C=O) groups is 1. The number of hydrogen-bond acceptors (Lipinski definition) is 5. The lowest BCUT2D eigenvalue weighted by atomic mass is 10.2. The Hall–Kier alpha value is -3.89. The number of anilines is 1. The van der Waals surface area contributed by atoms with E-state index in [-0.39, 0.29) is 23.0 Å². The summed E-state index contributed by atoms with van der Waals surface area (Å²) in [4.78, 5) is 23.6. The maximum atomic E-state index is 13.2. The molecule has 2 aromatic carbocycles. The van der Waals surface area contributed by atoms with Crippen LogP contribution < -0.4 is 10.1 Å². The first-order chi connectivity index (χ1) is 16.0. The van der Waals surface area contributed by atoms with Crippen molar-refractivity contribution in [3.05, 3.63) is 75.6 Å². The lowest BCUT2D eigenvalue weighted by Crippen LogP contribution is -2.26. The summed E-state index contributed by atoms with van der Waals surface area (Å²) in [5.74, 6) is -0.174. The molecule has 34 heavy (non-hydrogen) atoms. The van der Waals surface area contributed by atoms with Crippen LogP contribution >= 0.6 is 0 Å². The molecular formula is C23H21F3N4O4. The van der Waals surface area contributed by atoms with E-state index in [1.807, 2.05) is 19.1 Å². The minimum absolute atomic E-state index is 0.0735. The summed E-state index contributed by atoms with van der Waals surface area (Å²) in [5.41, 5.74) is 0.0517. The fourth-order valence-electron chi connectivity index (χ4n) is 3.46. The van der Waals surface area contributed by atoms with Crippen molar-refractivity contribution in [2.45, 2.75) is 44.8 Å². The second kappa shape index (κ2) is 8.81. The zero-order valence-corrected chi connectivity index (χ0v) is 18.3. The summed E-state index contributed by atoms with van der Waals surface area (Å²) in [6.07, 6.45) is -3.18. The van der Waals surface area contributed by atoms with E-state index in [1.54, 1.807) is 12.1 Å². The number of aromatic nitrogens is 2. The number of aryl methyl sites for hydroxylation is 1. The number of benzene rings is 2. The molecule has 1 aliphatic rings. The molecule has 0 spiro atoms. The minimum Gasteiger partial charge on any atom is -0.457 e. The molecule has 8 nitrogen and oxygen atoms in total. The molecule has 1 saturated carbocycles. The summed E-state index contributed by atoms with van der Waals surface area (Å²) in [6, 6.07) is 10.7. The van der Waals surface area contributed by atoms with Gasteiger partial charge in [0.1, 0.15) is 17.5 Å².